The highest BCUT2D eigenvalue weighted by atomic mass is 35.5. The SMILES string of the molecule is CC(O)CN(CCNC1CCCc2sc(Cl)cc21)C(=O)OC(C)(C)C. The predicted molar refractivity (Wildman–Crippen MR) is 102 cm³/mol. The molecule has 0 fully saturated rings. The second kappa shape index (κ2) is 8.71. The Bertz CT molecular complexity index is 583. The summed E-state index contributed by atoms with van der Waals surface area (Å²) in [6.45, 7) is 8.59. The number of ether oxygens (including phenoxy) is 1. The molecule has 0 spiro atoms. The van der Waals surface area contributed by atoms with E-state index in [2.05, 4.69) is 11.4 Å². The summed E-state index contributed by atoms with van der Waals surface area (Å²) in [5, 5.41) is 13.2. The average Bonchev–Trinajstić information content (AvgIpc) is 2.85. The number of aryl methyl sites for hydroxylation is 1. The van der Waals surface area contributed by atoms with Gasteiger partial charge >= 0.3 is 6.09 Å². The Labute approximate surface area is 159 Å². The van der Waals surface area contributed by atoms with Gasteiger partial charge in [-0.05, 0) is 58.6 Å². The fraction of sp³-hybridized carbons (Fsp3) is 0.722. The molecule has 5 nitrogen and oxygen atoms in total. The van der Waals surface area contributed by atoms with Crippen LogP contribution in [0.25, 0.3) is 0 Å². The van der Waals surface area contributed by atoms with Crippen LogP contribution in [0.5, 0.6) is 0 Å². The van der Waals surface area contributed by atoms with Crippen molar-refractivity contribution in [1.29, 1.82) is 0 Å². The number of amides is 1. The number of nitrogens with one attached hydrogen (secondary N) is 1. The molecule has 2 atom stereocenters. The Morgan fingerprint density at radius 3 is 2.92 bits per heavy atom. The summed E-state index contributed by atoms with van der Waals surface area (Å²) < 4.78 is 6.27. The molecule has 7 heteroatoms. The molecule has 0 aromatic carbocycles. The standard InChI is InChI=1S/C18H29ClN2O3S/c1-12(22)11-21(17(23)24-18(2,3)4)9-8-20-14-6-5-7-15-13(14)10-16(19)25-15/h10,12,14,20,22H,5-9,11H2,1-4H3. The smallest absolute Gasteiger partial charge is 0.410 e. The highest BCUT2D eigenvalue weighted by Gasteiger charge is 2.25. The van der Waals surface area contributed by atoms with Crippen LogP contribution in [0.15, 0.2) is 6.07 Å². The van der Waals surface area contributed by atoms with E-state index < -0.39 is 17.8 Å². The van der Waals surface area contributed by atoms with Crippen molar-refractivity contribution >= 4 is 29.0 Å². The summed E-state index contributed by atoms with van der Waals surface area (Å²) in [5.74, 6) is 0. The lowest BCUT2D eigenvalue weighted by atomic mass is 9.94. The number of carbonyl (C=O) groups excluding carboxylic acids is 1. The van der Waals surface area contributed by atoms with Crippen LogP contribution in [-0.2, 0) is 11.2 Å². The zero-order chi connectivity index (χ0) is 18.6. The fourth-order valence-corrected chi connectivity index (χ4v) is 4.39. The lowest BCUT2D eigenvalue weighted by Crippen LogP contribution is -2.44. The van der Waals surface area contributed by atoms with Gasteiger partial charge in [0.2, 0.25) is 0 Å². The quantitative estimate of drug-likeness (QED) is 0.773. The predicted octanol–water partition coefficient (Wildman–Crippen LogP) is 3.99. The van der Waals surface area contributed by atoms with E-state index in [4.69, 9.17) is 16.3 Å². The highest BCUT2D eigenvalue weighted by Crippen LogP contribution is 2.37. The zero-order valence-electron chi connectivity index (χ0n) is 15.5. The molecule has 0 bridgehead atoms. The molecule has 1 heterocycles. The van der Waals surface area contributed by atoms with E-state index in [1.807, 2.05) is 20.8 Å². The first kappa shape index (κ1) is 20.5. The molecule has 1 aliphatic carbocycles. The summed E-state index contributed by atoms with van der Waals surface area (Å²) in [5.41, 5.74) is 0.744. The van der Waals surface area contributed by atoms with Crippen LogP contribution in [0, 0.1) is 0 Å². The Kier molecular flexibility index (Phi) is 7.14. The van der Waals surface area contributed by atoms with Crippen molar-refractivity contribution in [3.63, 3.8) is 0 Å². The molecule has 1 aromatic rings. The van der Waals surface area contributed by atoms with E-state index in [1.165, 1.54) is 10.4 Å². The van der Waals surface area contributed by atoms with Crippen molar-refractivity contribution in [2.75, 3.05) is 19.6 Å². The van der Waals surface area contributed by atoms with Gasteiger partial charge in [0.15, 0.2) is 0 Å². The fourth-order valence-electron chi connectivity index (χ4n) is 3.01. The number of aliphatic hydroxyl groups is 1. The van der Waals surface area contributed by atoms with Gasteiger partial charge in [0.1, 0.15) is 5.60 Å². The first-order valence-electron chi connectivity index (χ1n) is 8.83. The highest BCUT2D eigenvalue weighted by molar-refractivity contribution is 7.16. The lowest BCUT2D eigenvalue weighted by Gasteiger charge is -2.29. The maximum Gasteiger partial charge on any atom is 0.410 e. The van der Waals surface area contributed by atoms with Gasteiger partial charge in [0.05, 0.1) is 10.4 Å². The number of halogens is 1. The third-order valence-electron chi connectivity index (χ3n) is 3.99. The lowest BCUT2D eigenvalue weighted by molar-refractivity contribution is 0.0163. The molecule has 0 aliphatic heterocycles. The second-order valence-corrected chi connectivity index (χ2v) is 9.37. The normalized spacial score (nSPS) is 18.6. The molecule has 0 saturated heterocycles. The van der Waals surface area contributed by atoms with Crippen molar-refractivity contribution in [3.8, 4) is 0 Å². The molecule has 0 radical (unpaired) electrons. The molecular formula is C18H29ClN2O3S. The summed E-state index contributed by atoms with van der Waals surface area (Å²) in [6, 6.07) is 2.33. The van der Waals surface area contributed by atoms with E-state index in [0.29, 0.717) is 13.1 Å². The summed E-state index contributed by atoms with van der Waals surface area (Å²) in [4.78, 5) is 15.3. The van der Waals surface area contributed by atoms with Gasteiger partial charge in [-0.25, -0.2) is 4.79 Å². The van der Waals surface area contributed by atoms with Gasteiger partial charge in [-0.3, -0.25) is 0 Å². The van der Waals surface area contributed by atoms with Gasteiger partial charge in [0, 0.05) is 30.6 Å². The number of rotatable bonds is 6. The van der Waals surface area contributed by atoms with E-state index in [-0.39, 0.29) is 12.6 Å². The molecule has 142 valence electrons. The van der Waals surface area contributed by atoms with Crippen LogP contribution in [-0.4, -0.2) is 47.4 Å². The summed E-state index contributed by atoms with van der Waals surface area (Å²) >= 11 is 7.82. The minimum Gasteiger partial charge on any atom is -0.444 e. The number of nitrogens with zero attached hydrogens (tertiary/aromatic N) is 1. The minimum atomic E-state index is -0.593. The molecule has 2 unspecified atom stereocenters. The van der Waals surface area contributed by atoms with Crippen LogP contribution in [0.4, 0.5) is 4.79 Å². The average molecular weight is 389 g/mol. The van der Waals surface area contributed by atoms with Crippen molar-refractivity contribution < 1.29 is 14.6 Å². The number of aliphatic hydroxyl groups excluding tert-OH is 1. The Morgan fingerprint density at radius 1 is 1.56 bits per heavy atom. The maximum atomic E-state index is 12.3. The van der Waals surface area contributed by atoms with E-state index in [1.54, 1.807) is 23.2 Å². The first-order chi connectivity index (χ1) is 11.7. The van der Waals surface area contributed by atoms with Crippen molar-refractivity contribution in [3.05, 3.63) is 20.8 Å². The molecule has 25 heavy (non-hydrogen) atoms. The third kappa shape index (κ3) is 6.44. The second-order valence-electron chi connectivity index (χ2n) is 7.60. The van der Waals surface area contributed by atoms with Crippen molar-refractivity contribution in [2.24, 2.45) is 0 Å². The Balaban J connectivity index is 1.91. The zero-order valence-corrected chi connectivity index (χ0v) is 17.0. The van der Waals surface area contributed by atoms with E-state index in [0.717, 1.165) is 23.6 Å². The molecular weight excluding hydrogens is 360 g/mol. The van der Waals surface area contributed by atoms with Gasteiger partial charge in [-0.1, -0.05) is 11.6 Å². The summed E-state index contributed by atoms with van der Waals surface area (Å²) in [6.07, 6.45) is 2.33. The minimum absolute atomic E-state index is 0.261. The van der Waals surface area contributed by atoms with E-state index in [9.17, 15) is 9.90 Å². The van der Waals surface area contributed by atoms with Crippen molar-refractivity contribution in [1.82, 2.24) is 10.2 Å². The largest absolute Gasteiger partial charge is 0.444 e. The summed E-state index contributed by atoms with van der Waals surface area (Å²) in [7, 11) is 0. The number of hydrogen-bond acceptors (Lipinski definition) is 5. The van der Waals surface area contributed by atoms with Crippen LogP contribution in [0.1, 0.15) is 57.0 Å². The number of thiophene rings is 1. The van der Waals surface area contributed by atoms with Crippen molar-refractivity contribution in [2.45, 2.75) is 64.7 Å². The van der Waals surface area contributed by atoms with Crippen LogP contribution in [0.2, 0.25) is 4.34 Å². The topological polar surface area (TPSA) is 61.8 Å². The molecule has 0 saturated carbocycles. The Hall–Kier alpha value is -0.820. The molecule has 2 rings (SSSR count). The van der Waals surface area contributed by atoms with Crippen LogP contribution >= 0.6 is 22.9 Å². The molecule has 1 aromatic heterocycles. The third-order valence-corrected chi connectivity index (χ3v) is 5.33. The molecule has 1 aliphatic rings. The van der Waals surface area contributed by atoms with Gasteiger partial charge in [-0.2, -0.15) is 0 Å². The van der Waals surface area contributed by atoms with Gasteiger partial charge < -0.3 is 20.1 Å². The number of carbonyl (C=O) groups is 1. The molecule has 1 amide bonds. The van der Waals surface area contributed by atoms with E-state index >= 15 is 0 Å². The maximum absolute atomic E-state index is 12.3. The monoisotopic (exact) mass is 388 g/mol. The van der Waals surface area contributed by atoms with Gasteiger partial charge in [0.25, 0.3) is 0 Å². The molecule has 2 N–H and O–H groups in total. The first-order valence-corrected chi connectivity index (χ1v) is 10.0. The number of hydrogen-bond donors (Lipinski definition) is 2. The van der Waals surface area contributed by atoms with Crippen LogP contribution < -0.4 is 5.32 Å². The number of fused-ring (bicyclic) bond motifs is 1. The van der Waals surface area contributed by atoms with Gasteiger partial charge in [-0.15, -0.1) is 11.3 Å². The Morgan fingerprint density at radius 2 is 2.28 bits per heavy atom. The van der Waals surface area contributed by atoms with Crippen LogP contribution in [0.3, 0.4) is 0 Å².